The van der Waals surface area contributed by atoms with E-state index in [-0.39, 0.29) is 5.91 Å². The first-order valence-corrected chi connectivity index (χ1v) is 8.25. The van der Waals surface area contributed by atoms with E-state index in [4.69, 9.17) is 4.42 Å². The molecule has 0 unspecified atom stereocenters. The van der Waals surface area contributed by atoms with Gasteiger partial charge in [-0.3, -0.25) is 9.78 Å². The molecule has 1 fully saturated rings. The van der Waals surface area contributed by atoms with Crippen LogP contribution in [-0.2, 0) is 6.42 Å². The minimum absolute atomic E-state index is 0.0796. The van der Waals surface area contributed by atoms with Crippen LogP contribution in [-0.4, -0.2) is 53.4 Å². The van der Waals surface area contributed by atoms with Crippen molar-refractivity contribution in [1.82, 2.24) is 14.8 Å². The molecule has 0 bridgehead atoms. The van der Waals surface area contributed by atoms with Crippen molar-refractivity contribution in [3.8, 4) is 0 Å². The Morgan fingerprint density at radius 3 is 2.96 bits per heavy atom. The molecule has 23 heavy (non-hydrogen) atoms. The van der Waals surface area contributed by atoms with Crippen LogP contribution in [0.25, 0.3) is 0 Å². The van der Waals surface area contributed by atoms with Gasteiger partial charge in [-0.1, -0.05) is 6.07 Å². The molecule has 0 saturated carbocycles. The predicted molar refractivity (Wildman–Crippen MR) is 88.2 cm³/mol. The van der Waals surface area contributed by atoms with Crippen LogP contribution in [0, 0.1) is 0 Å². The van der Waals surface area contributed by atoms with Crippen LogP contribution in [0.3, 0.4) is 0 Å². The maximum atomic E-state index is 12.4. The SMILES string of the molecule is O=C(c1ccoc1)N1CCCN(CCCc2cccnc2)CC1. The number of hydrogen-bond donors (Lipinski definition) is 0. The Hall–Kier alpha value is -2.14. The van der Waals surface area contributed by atoms with E-state index < -0.39 is 0 Å². The summed E-state index contributed by atoms with van der Waals surface area (Å²) in [5.41, 5.74) is 1.94. The van der Waals surface area contributed by atoms with E-state index in [1.54, 1.807) is 12.3 Å². The molecule has 1 saturated heterocycles. The molecule has 5 nitrogen and oxygen atoms in total. The quantitative estimate of drug-likeness (QED) is 0.851. The number of furan rings is 1. The number of aryl methyl sites for hydroxylation is 1. The first-order chi connectivity index (χ1) is 11.3. The van der Waals surface area contributed by atoms with E-state index in [1.807, 2.05) is 23.4 Å². The number of nitrogens with zero attached hydrogens (tertiary/aromatic N) is 3. The van der Waals surface area contributed by atoms with Gasteiger partial charge in [-0.2, -0.15) is 0 Å². The Morgan fingerprint density at radius 2 is 2.17 bits per heavy atom. The smallest absolute Gasteiger partial charge is 0.257 e. The summed E-state index contributed by atoms with van der Waals surface area (Å²) < 4.78 is 5.01. The third kappa shape index (κ3) is 4.42. The zero-order valence-corrected chi connectivity index (χ0v) is 13.4. The van der Waals surface area contributed by atoms with Gasteiger partial charge < -0.3 is 14.2 Å². The Labute approximate surface area is 136 Å². The first kappa shape index (κ1) is 15.7. The van der Waals surface area contributed by atoms with Gasteiger partial charge in [0.25, 0.3) is 5.91 Å². The number of carbonyl (C=O) groups excluding carboxylic acids is 1. The Morgan fingerprint density at radius 1 is 1.22 bits per heavy atom. The average Bonchev–Trinajstić information content (AvgIpc) is 3.02. The van der Waals surface area contributed by atoms with Crippen molar-refractivity contribution < 1.29 is 9.21 Å². The summed E-state index contributed by atoms with van der Waals surface area (Å²) in [7, 11) is 0. The van der Waals surface area contributed by atoms with Crippen LogP contribution in [0.15, 0.2) is 47.5 Å². The van der Waals surface area contributed by atoms with Crippen molar-refractivity contribution in [3.05, 3.63) is 54.2 Å². The van der Waals surface area contributed by atoms with Gasteiger partial charge in [0, 0.05) is 32.0 Å². The lowest BCUT2D eigenvalue weighted by Gasteiger charge is -2.21. The minimum atomic E-state index is 0.0796. The fraction of sp³-hybridized carbons (Fsp3) is 0.444. The minimum Gasteiger partial charge on any atom is -0.472 e. The topological polar surface area (TPSA) is 49.6 Å². The lowest BCUT2D eigenvalue weighted by Crippen LogP contribution is -2.35. The van der Waals surface area contributed by atoms with Crippen LogP contribution in [0.5, 0.6) is 0 Å². The average molecular weight is 313 g/mol. The molecule has 3 heterocycles. The molecule has 0 aromatic carbocycles. The molecule has 0 atom stereocenters. The summed E-state index contributed by atoms with van der Waals surface area (Å²) in [4.78, 5) is 20.9. The van der Waals surface area contributed by atoms with E-state index >= 15 is 0 Å². The largest absolute Gasteiger partial charge is 0.472 e. The van der Waals surface area contributed by atoms with Crippen LogP contribution in [0.2, 0.25) is 0 Å². The second-order valence-corrected chi connectivity index (χ2v) is 5.96. The summed E-state index contributed by atoms with van der Waals surface area (Å²) in [6.45, 7) is 4.68. The maximum absolute atomic E-state index is 12.4. The van der Waals surface area contributed by atoms with E-state index in [0.717, 1.165) is 52.0 Å². The van der Waals surface area contributed by atoms with Gasteiger partial charge in [-0.25, -0.2) is 0 Å². The number of carbonyl (C=O) groups is 1. The van der Waals surface area contributed by atoms with Crippen molar-refractivity contribution in [2.45, 2.75) is 19.3 Å². The summed E-state index contributed by atoms with van der Waals surface area (Å²) in [5, 5.41) is 0. The molecular weight excluding hydrogens is 290 g/mol. The van der Waals surface area contributed by atoms with E-state index in [1.165, 1.54) is 11.8 Å². The van der Waals surface area contributed by atoms with Crippen LogP contribution >= 0.6 is 0 Å². The summed E-state index contributed by atoms with van der Waals surface area (Å²) >= 11 is 0. The van der Waals surface area contributed by atoms with Crippen molar-refractivity contribution >= 4 is 5.91 Å². The zero-order valence-electron chi connectivity index (χ0n) is 13.4. The summed E-state index contributed by atoms with van der Waals surface area (Å²) in [6, 6.07) is 5.85. The normalized spacial score (nSPS) is 16.3. The Kier molecular flexibility index (Phi) is 5.42. The molecule has 1 aliphatic rings. The molecular formula is C18H23N3O2. The molecule has 2 aromatic rings. The lowest BCUT2D eigenvalue weighted by atomic mass is 10.1. The van der Waals surface area contributed by atoms with Crippen LogP contribution in [0.1, 0.15) is 28.8 Å². The number of aromatic nitrogens is 1. The van der Waals surface area contributed by atoms with Gasteiger partial charge in [-0.05, 0) is 50.0 Å². The highest BCUT2D eigenvalue weighted by Gasteiger charge is 2.20. The third-order valence-corrected chi connectivity index (χ3v) is 4.31. The molecule has 2 aromatic heterocycles. The summed E-state index contributed by atoms with van der Waals surface area (Å²) in [6.07, 6.45) is 10.0. The maximum Gasteiger partial charge on any atom is 0.257 e. The van der Waals surface area contributed by atoms with Gasteiger partial charge in [0.1, 0.15) is 6.26 Å². The summed E-state index contributed by atoms with van der Waals surface area (Å²) in [5.74, 6) is 0.0796. The van der Waals surface area contributed by atoms with Gasteiger partial charge >= 0.3 is 0 Å². The van der Waals surface area contributed by atoms with E-state index in [0.29, 0.717) is 5.56 Å². The lowest BCUT2D eigenvalue weighted by molar-refractivity contribution is 0.0760. The second-order valence-electron chi connectivity index (χ2n) is 5.96. The fourth-order valence-corrected chi connectivity index (χ4v) is 3.02. The zero-order chi connectivity index (χ0) is 15.9. The Balaban J connectivity index is 1.44. The van der Waals surface area contributed by atoms with Crippen molar-refractivity contribution in [2.75, 3.05) is 32.7 Å². The number of hydrogen-bond acceptors (Lipinski definition) is 4. The predicted octanol–water partition coefficient (Wildman–Crippen LogP) is 2.46. The highest BCUT2D eigenvalue weighted by atomic mass is 16.3. The highest BCUT2D eigenvalue weighted by Crippen LogP contribution is 2.10. The van der Waals surface area contributed by atoms with E-state index in [9.17, 15) is 4.79 Å². The van der Waals surface area contributed by atoms with Crippen molar-refractivity contribution in [1.29, 1.82) is 0 Å². The molecule has 0 N–H and O–H groups in total. The van der Waals surface area contributed by atoms with Crippen LogP contribution < -0.4 is 0 Å². The van der Waals surface area contributed by atoms with Crippen molar-refractivity contribution in [3.63, 3.8) is 0 Å². The van der Waals surface area contributed by atoms with Gasteiger partial charge in [0.05, 0.1) is 11.8 Å². The molecule has 5 heteroatoms. The standard InChI is InChI=1S/C18H23N3O2/c22-18(17-6-13-23-15-17)21-10-3-9-20(11-12-21)8-2-5-16-4-1-7-19-14-16/h1,4,6-7,13-15H,2-3,5,8-12H2. The fourth-order valence-electron chi connectivity index (χ4n) is 3.02. The number of amides is 1. The molecule has 0 aliphatic carbocycles. The molecule has 1 amide bonds. The highest BCUT2D eigenvalue weighted by molar-refractivity contribution is 5.93. The van der Waals surface area contributed by atoms with Gasteiger partial charge in [0.15, 0.2) is 0 Å². The Bertz CT molecular complexity index is 598. The van der Waals surface area contributed by atoms with Crippen molar-refractivity contribution in [2.24, 2.45) is 0 Å². The molecule has 1 aliphatic heterocycles. The number of pyridine rings is 1. The number of rotatable bonds is 5. The van der Waals surface area contributed by atoms with E-state index in [2.05, 4.69) is 16.0 Å². The monoisotopic (exact) mass is 313 g/mol. The third-order valence-electron chi connectivity index (χ3n) is 4.31. The molecule has 122 valence electrons. The first-order valence-electron chi connectivity index (χ1n) is 8.25. The van der Waals surface area contributed by atoms with Gasteiger partial charge in [0.2, 0.25) is 0 Å². The molecule has 3 rings (SSSR count). The molecule has 0 spiro atoms. The van der Waals surface area contributed by atoms with Crippen LogP contribution in [0.4, 0.5) is 0 Å². The molecule has 0 radical (unpaired) electrons. The van der Waals surface area contributed by atoms with Gasteiger partial charge in [-0.15, -0.1) is 0 Å². The second kappa shape index (κ2) is 7.92.